The molecule has 6 nitrogen and oxygen atoms in total. The van der Waals surface area contributed by atoms with Crippen molar-refractivity contribution in [3.8, 4) is 0 Å². The van der Waals surface area contributed by atoms with Crippen molar-refractivity contribution < 1.29 is 10.0 Å². The lowest BCUT2D eigenvalue weighted by Crippen LogP contribution is -2.52. The fraction of sp³-hybridized carbons (Fsp3) is 0.857. The molecule has 114 valence electrons. The van der Waals surface area contributed by atoms with Gasteiger partial charge in [0.2, 0.25) is 0 Å². The minimum absolute atomic E-state index is 0.0510. The first-order valence-electron chi connectivity index (χ1n) is 7.63. The normalized spacial score (nSPS) is 24.9. The first-order valence-corrected chi connectivity index (χ1v) is 7.63. The molecular weight excluding hydrogens is 256 g/mol. The molecule has 1 saturated heterocycles. The molecule has 1 aliphatic heterocycles. The van der Waals surface area contributed by atoms with E-state index in [0.717, 1.165) is 45.2 Å². The van der Waals surface area contributed by atoms with Gasteiger partial charge in [-0.15, -0.1) is 0 Å². The molecule has 0 bridgehead atoms. The maximum Gasteiger partial charge on any atom is 0.320 e. The number of likely N-dealkylation sites (tertiary alicyclic amines) is 1. The fourth-order valence-corrected chi connectivity index (χ4v) is 3.32. The maximum atomic E-state index is 12.7. The SMILES string of the molecule is CC1CCCN(C(=O)N(CC(N)=NO)C2CCCC2)C1. The van der Waals surface area contributed by atoms with Crippen molar-refractivity contribution in [1.82, 2.24) is 9.80 Å². The molecule has 1 saturated carbocycles. The Hall–Kier alpha value is -1.46. The van der Waals surface area contributed by atoms with E-state index in [1.165, 1.54) is 6.42 Å². The highest BCUT2D eigenvalue weighted by Gasteiger charge is 2.32. The number of oxime groups is 1. The molecule has 20 heavy (non-hydrogen) atoms. The first-order chi connectivity index (χ1) is 9.61. The number of carbonyl (C=O) groups is 1. The lowest BCUT2D eigenvalue weighted by molar-refractivity contribution is 0.121. The lowest BCUT2D eigenvalue weighted by Gasteiger charge is -2.37. The number of hydrogen-bond acceptors (Lipinski definition) is 3. The molecule has 0 aromatic carbocycles. The monoisotopic (exact) mass is 282 g/mol. The van der Waals surface area contributed by atoms with Crippen molar-refractivity contribution in [3.63, 3.8) is 0 Å². The van der Waals surface area contributed by atoms with Gasteiger partial charge in [0.1, 0.15) is 0 Å². The quantitative estimate of drug-likeness (QED) is 0.358. The molecule has 3 N–H and O–H groups in total. The summed E-state index contributed by atoms with van der Waals surface area (Å²) in [6.07, 6.45) is 6.60. The molecule has 1 aliphatic carbocycles. The van der Waals surface area contributed by atoms with Crippen LogP contribution in [0.25, 0.3) is 0 Å². The van der Waals surface area contributed by atoms with E-state index >= 15 is 0 Å². The molecule has 6 heteroatoms. The number of rotatable bonds is 3. The zero-order valence-corrected chi connectivity index (χ0v) is 12.3. The molecule has 1 heterocycles. The van der Waals surface area contributed by atoms with Crippen LogP contribution in [0.15, 0.2) is 5.16 Å². The van der Waals surface area contributed by atoms with Crippen molar-refractivity contribution in [1.29, 1.82) is 0 Å². The highest BCUT2D eigenvalue weighted by molar-refractivity contribution is 5.86. The summed E-state index contributed by atoms with van der Waals surface area (Å²) in [4.78, 5) is 16.5. The second kappa shape index (κ2) is 6.81. The Morgan fingerprint density at radius 3 is 2.65 bits per heavy atom. The van der Waals surface area contributed by atoms with Gasteiger partial charge in [-0.3, -0.25) is 0 Å². The third-order valence-electron chi connectivity index (χ3n) is 4.40. The summed E-state index contributed by atoms with van der Waals surface area (Å²) in [5.41, 5.74) is 5.62. The highest BCUT2D eigenvalue weighted by Crippen LogP contribution is 2.25. The second-order valence-electron chi connectivity index (χ2n) is 6.13. The highest BCUT2D eigenvalue weighted by atomic mass is 16.4. The van der Waals surface area contributed by atoms with E-state index in [1.807, 2.05) is 4.90 Å². The molecule has 2 aliphatic rings. The van der Waals surface area contributed by atoms with Gasteiger partial charge in [0, 0.05) is 19.1 Å². The Morgan fingerprint density at radius 1 is 1.35 bits per heavy atom. The number of amidine groups is 1. The topological polar surface area (TPSA) is 82.2 Å². The van der Waals surface area contributed by atoms with Crippen LogP contribution in [0.3, 0.4) is 0 Å². The minimum Gasteiger partial charge on any atom is -0.409 e. The van der Waals surface area contributed by atoms with Crippen molar-refractivity contribution in [2.75, 3.05) is 19.6 Å². The van der Waals surface area contributed by atoms with E-state index in [0.29, 0.717) is 5.92 Å². The summed E-state index contributed by atoms with van der Waals surface area (Å²) in [5, 5.41) is 11.8. The Bertz CT molecular complexity index is 366. The van der Waals surface area contributed by atoms with Crippen molar-refractivity contribution in [3.05, 3.63) is 0 Å². The van der Waals surface area contributed by atoms with Crippen molar-refractivity contribution in [2.45, 2.75) is 51.5 Å². The Morgan fingerprint density at radius 2 is 2.05 bits per heavy atom. The molecular formula is C14H26N4O2. The number of nitrogens with two attached hydrogens (primary N) is 1. The minimum atomic E-state index is 0.0510. The molecule has 2 amide bonds. The van der Waals surface area contributed by atoms with Crippen LogP contribution < -0.4 is 5.73 Å². The summed E-state index contributed by atoms with van der Waals surface area (Å²) < 4.78 is 0. The number of amides is 2. The van der Waals surface area contributed by atoms with Gasteiger partial charge in [0.05, 0.1) is 6.54 Å². The summed E-state index contributed by atoms with van der Waals surface area (Å²) in [7, 11) is 0. The fourth-order valence-electron chi connectivity index (χ4n) is 3.32. The zero-order valence-electron chi connectivity index (χ0n) is 12.3. The van der Waals surface area contributed by atoms with Gasteiger partial charge >= 0.3 is 6.03 Å². The molecule has 2 rings (SSSR count). The van der Waals surface area contributed by atoms with Gasteiger partial charge in [-0.2, -0.15) is 0 Å². The number of urea groups is 1. The third-order valence-corrected chi connectivity index (χ3v) is 4.40. The van der Waals surface area contributed by atoms with Gasteiger partial charge < -0.3 is 20.7 Å². The van der Waals surface area contributed by atoms with Crippen LogP contribution in [0.1, 0.15) is 45.4 Å². The van der Waals surface area contributed by atoms with Gasteiger partial charge in [0.25, 0.3) is 0 Å². The average molecular weight is 282 g/mol. The van der Waals surface area contributed by atoms with E-state index in [4.69, 9.17) is 10.9 Å². The number of piperidine rings is 1. The van der Waals surface area contributed by atoms with Gasteiger partial charge in [0.15, 0.2) is 5.84 Å². The molecule has 2 fully saturated rings. The summed E-state index contributed by atoms with van der Waals surface area (Å²) in [5.74, 6) is 0.664. The van der Waals surface area contributed by atoms with Crippen molar-refractivity contribution >= 4 is 11.9 Å². The first kappa shape index (κ1) is 14.9. The second-order valence-corrected chi connectivity index (χ2v) is 6.13. The van der Waals surface area contributed by atoms with E-state index in [2.05, 4.69) is 12.1 Å². The van der Waals surface area contributed by atoms with Crippen LogP contribution in [-0.2, 0) is 0 Å². The van der Waals surface area contributed by atoms with Crippen LogP contribution in [0.2, 0.25) is 0 Å². The zero-order chi connectivity index (χ0) is 14.5. The van der Waals surface area contributed by atoms with Crippen LogP contribution in [0.5, 0.6) is 0 Å². The Labute approximate surface area is 120 Å². The third kappa shape index (κ3) is 3.55. The predicted molar refractivity (Wildman–Crippen MR) is 77.7 cm³/mol. The molecule has 0 spiro atoms. The summed E-state index contributed by atoms with van der Waals surface area (Å²) in [6, 6.07) is 0.287. The van der Waals surface area contributed by atoms with Crippen LogP contribution in [-0.4, -0.2) is 52.5 Å². The molecule has 0 aromatic rings. The van der Waals surface area contributed by atoms with E-state index in [1.54, 1.807) is 4.90 Å². The van der Waals surface area contributed by atoms with E-state index in [-0.39, 0.29) is 24.5 Å². The molecule has 0 radical (unpaired) electrons. The predicted octanol–water partition coefficient (Wildman–Crippen LogP) is 1.83. The Kier molecular flexibility index (Phi) is 5.09. The largest absolute Gasteiger partial charge is 0.409 e. The molecule has 1 atom stereocenters. The summed E-state index contributed by atoms with van der Waals surface area (Å²) in [6.45, 7) is 4.05. The average Bonchev–Trinajstić information content (AvgIpc) is 2.97. The smallest absolute Gasteiger partial charge is 0.320 e. The van der Waals surface area contributed by atoms with E-state index in [9.17, 15) is 4.79 Å². The number of nitrogens with zero attached hydrogens (tertiary/aromatic N) is 3. The van der Waals surface area contributed by atoms with Crippen LogP contribution in [0.4, 0.5) is 4.79 Å². The van der Waals surface area contributed by atoms with E-state index < -0.39 is 0 Å². The molecule has 0 aromatic heterocycles. The Balaban J connectivity index is 2.06. The standard InChI is InChI=1S/C14H26N4O2/c1-11-5-4-8-17(9-11)14(19)18(10-13(15)16-20)12-6-2-3-7-12/h11-12,20H,2-10H2,1H3,(H2,15,16). The maximum absolute atomic E-state index is 12.7. The van der Waals surface area contributed by atoms with Gasteiger partial charge in [-0.05, 0) is 31.6 Å². The number of hydrogen-bond donors (Lipinski definition) is 2. The lowest BCUT2D eigenvalue weighted by atomic mass is 10.0. The molecule has 1 unspecified atom stereocenters. The number of carbonyl (C=O) groups excluding carboxylic acids is 1. The van der Waals surface area contributed by atoms with Crippen molar-refractivity contribution in [2.24, 2.45) is 16.8 Å². The van der Waals surface area contributed by atoms with Crippen LogP contribution >= 0.6 is 0 Å². The van der Waals surface area contributed by atoms with Gasteiger partial charge in [-0.25, -0.2) is 4.79 Å². The summed E-state index contributed by atoms with van der Waals surface area (Å²) >= 11 is 0. The van der Waals surface area contributed by atoms with Gasteiger partial charge in [-0.1, -0.05) is 24.9 Å². The van der Waals surface area contributed by atoms with Crippen LogP contribution in [0, 0.1) is 5.92 Å².